The average molecular weight is 338 g/mol. The van der Waals surface area contributed by atoms with E-state index in [1.807, 2.05) is 48.5 Å². The molecule has 4 heteroatoms. The number of benzene rings is 2. The number of hydrogen-bond donors (Lipinski definition) is 0. The molecule has 122 valence electrons. The first kappa shape index (κ1) is 16.3. The van der Waals surface area contributed by atoms with Gasteiger partial charge in [-0.25, -0.2) is 0 Å². The van der Waals surface area contributed by atoms with E-state index in [-0.39, 0.29) is 0 Å². The number of aldehydes is 1. The molecule has 0 atom stereocenters. The van der Waals surface area contributed by atoms with Crippen LogP contribution in [-0.4, -0.2) is 20.5 Å². The molecular weight excluding hydrogens is 320 g/mol. The van der Waals surface area contributed by atoms with Crippen molar-refractivity contribution < 1.29 is 14.3 Å². The molecule has 0 unspecified atom stereocenters. The van der Waals surface area contributed by atoms with E-state index in [4.69, 9.17) is 9.47 Å². The van der Waals surface area contributed by atoms with Crippen molar-refractivity contribution in [2.75, 3.05) is 14.2 Å². The van der Waals surface area contributed by atoms with Crippen molar-refractivity contribution >= 4 is 17.6 Å². The van der Waals surface area contributed by atoms with Gasteiger partial charge in [0.25, 0.3) is 0 Å². The Morgan fingerprint density at radius 2 is 1.33 bits per heavy atom. The Morgan fingerprint density at radius 3 is 1.79 bits per heavy atom. The summed E-state index contributed by atoms with van der Waals surface area (Å²) in [6, 6.07) is 15.7. The summed E-state index contributed by atoms with van der Waals surface area (Å²) in [4.78, 5) is 13.4. The highest BCUT2D eigenvalue weighted by Crippen LogP contribution is 2.41. The number of rotatable bonds is 5. The Kier molecular flexibility index (Phi) is 4.67. The van der Waals surface area contributed by atoms with E-state index >= 15 is 0 Å². The molecular formula is C20H18O3S. The van der Waals surface area contributed by atoms with E-state index < -0.39 is 0 Å². The zero-order valence-corrected chi connectivity index (χ0v) is 14.6. The number of carbonyl (C=O) groups is 1. The van der Waals surface area contributed by atoms with Gasteiger partial charge in [0.05, 0.1) is 19.1 Å². The van der Waals surface area contributed by atoms with E-state index in [1.165, 1.54) is 11.3 Å². The van der Waals surface area contributed by atoms with Crippen molar-refractivity contribution in [1.29, 1.82) is 0 Å². The van der Waals surface area contributed by atoms with Gasteiger partial charge in [0.15, 0.2) is 6.29 Å². The van der Waals surface area contributed by atoms with Gasteiger partial charge in [-0.15, -0.1) is 11.3 Å². The Balaban J connectivity index is 2.09. The first-order chi connectivity index (χ1) is 11.7. The van der Waals surface area contributed by atoms with Crippen LogP contribution in [0, 0.1) is 6.92 Å². The fourth-order valence-corrected chi connectivity index (χ4v) is 3.90. The Morgan fingerprint density at radius 1 is 0.833 bits per heavy atom. The number of hydrogen-bond acceptors (Lipinski definition) is 4. The third-order valence-corrected chi connectivity index (χ3v) is 5.28. The molecule has 0 saturated carbocycles. The van der Waals surface area contributed by atoms with Gasteiger partial charge in [0.1, 0.15) is 11.5 Å². The summed E-state index contributed by atoms with van der Waals surface area (Å²) in [5.41, 5.74) is 4.20. The minimum Gasteiger partial charge on any atom is -0.497 e. The number of carbonyl (C=O) groups excluding carboxylic acids is 1. The minimum atomic E-state index is 0.739. The van der Waals surface area contributed by atoms with Crippen LogP contribution in [0.1, 0.15) is 15.2 Å². The van der Waals surface area contributed by atoms with Crippen molar-refractivity contribution in [3.05, 3.63) is 59.0 Å². The van der Waals surface area contributed by atoms with Gasteiger partial charge in [-0.05, 0) is 60.0 Å². The van der Waals surface area contributed by atoms with Gasteiger partial charge in [-0.1, -0.05) is 12.1 Å². The number of thiophene rings is 1. The van der Waals surface area contributed by atoms with Crippen molar-refractivity contribution in [3.63, 3.8) is 0 Å². The van der Waals surface area contributed by atoms with Crippen molar-refractivity contribution in [2.45, 2.75) is 6.92 Å². The predicted molar refractivity (Wildman–Crippen MR) is 98.4 cm³/mol. The molecule has 24 heavy (non-hydrogen) atoms. The van der Waals surface area contributed by atoms with Gasteiger partial charge in [-0.3, -0.25) is 4.79 Å². The SMILES string of the molecule is COc1ccc(-c2sc(C=O)c(-c3ccc(OC)cc3)c2C)cc1. The standard InChI is InChI=1S/C20H18O3S/c1-13-19(14-4-8-16(22-2)9-5-14)18(12-21)24-20(13)15-6-10-17(23-3)11-7-15/h4-12H,1-3H3. The lowest BCUT2D eigenvalue weighted by atomic mass is 9.99. The lowest BCUT2D eigenvalue weighted by molar-refractivity contribution is 0.112. The van der Waals surface area contributed by atoms with Crippen LogP contribution in [0.2, 0.25) is 0 Å². The fourth-order valence-electron chi connectivity index (χ4n) is 2.75. The van der Waals surface area contributed by atoms with Gasteiger partial charge in [-0.2, -0.15) is 0 Å². The summed E-state index contributed by atoms with van der Waals surface area (Å²) in [7, 11) is 3.29. The maximum atomic E-state index is 11.6. The molecule has 3 aromatic rings. The van der Waals surface area contributed by atoms with Crippen molar-refractivity contribution in [1.82, 2.24) is 0 Å². The maximum Gasteiger partial charge on any atom is 0.160 e. The number of methoxy groups -OCH3 is 2. The topological polar surface area (TPSA) is 35.5 Å². The molecule has 0 spiro atoms. The van der Waals surface area contributed by atoms with Gasteiger partial charge in [0, 0.05) is 10.4 Å². The molecule has 0 aliphatic rings. The first-order valence-electron chi connectivity index (χ1n) is 7.55. The maximum absolute atomic E-state index is 11.6. The predicted octanol–water partition coefficient (Wildman–Crippen LogP) is 5.22. The van der Waals surface area contributed by atoms with E-state index in [2.05, 4.69) is 6.92 Å². The van der Waals surface area contributed by atoms with Gasteiger partial charge in [0.2, 0.25) is 0 Å². The zero-order chi connectivity index (χ0) is 17.1. The summed E-state index contributed by atoms with van der Waals surface area (Å²) in [5.74, 6) is 1.62. The molecule has 1 aromatic heterocycles. The largest absolute Gasteiger partial charge is 0.497 e. The van der Waals surface area contributed by atoms with Crippen LogP contribution in [0.4, 0.5) is 0 Å². The lowest BCUT2D eigenvalue weighted by Crippen LogP contribution is -1.86. The molecule has 0 bridgehead atoms. The summed E-state index contributed by atoms with van der Waals surface area (Å²) in [5, 5.41) is 0. The second-order valence-electron chi connectivity index (χ2n) is 5.37. The van der Waals surface area contributed by atoms with Crippen molar-refractivity contribution in [3.8, 4) is 33.1 Å². The summed E-state index contributed by atoms with van der Waals surface area (Å²) in [6.45, 7) is 2.06. The summed E-state index contributed by atoms with van der Waals surface area (Å²) >= 11 is 1.52. The Hall–Kier alpha value is -2.59. The number of ether oxygens (including phenoxy) is 2. The monoisotopic (exact) mass is 338 g/mol. The molecule has 3 nitrogen and oxygen atoms in total. The Labute approximate surface area is 145 Å². The molecule has 0 saturated heterocycles. The van der Waals surface area contributed by atoms with E-state index in [0.29, 0.717) is 0 Å². The Bertz CT molecular complexity index is 846. The quantitative estimate of drug-likeness (QED) is 0.598. The van der Waals surface area contributed by atoms with Crippen LogP contribution in [0.5, 0.6) is 11.5 Å². The normalized spacial score (nSPS) is 10.5. The average Bonchev–Trinajstić information content (AvgIpc) is 2.98. The highest BCUT2D eigenvalue weighted by molar-refractivity contribution is 7.17. The zero-order valence-electron chi connectivity index (χ0n) is 13.8. The summed E-state index contributed by atoms with van der Waals surface area (Å²) < 4.78 is 10.4. The third-order valence-electron chi connectivity index (χ3n) is 4.01. The van der Waals surface area contributed by atoms with Crippen molar-refractivity contribution in [2.24, 2.45) is 0 Å². The lowest BCUT2D eigenvalue weighted by Gasteiger charge is -2.06. The van der Waals surface area contributed by atoms with Crippen LogP contribution >= 0.6 is 11.3 Å². The van der Waals surface area contributed by atoms with Crippen LogP contribution in [0.25, 0.3) is 21.6 Å². The van der Waals surface area contributed by atoms with E-state index in [1.54, 1.807) is 14.2 Å². The highest BCUT2D eigenvalue weighted by atomic mass is 32.1. The van der Waals surface area contributed by atoms with E-state index in [9.17, 15) is 4.79 Å². The third kappa shape index (κ3) is 2.93. The van der Waals surface area contributed by atoms with Crippen LogP contribution < -0.4 is 9.47 Å². The van der Waals surface area contributed by atoms with Crippen LogP contribution in [0.15, 0.2) is 48.5 Å². The molecule has 3 rings (SSSR count). The smallest absolute Gasteiger partial charge is 0.160 e. The highest BCUT2D eigenvalue weighted by Gasteiger charge is 2.17. The first-order valence-corrected chi connectivity index (χ1v) is 8.37. The molecule has 0 fully saturated rings. The second kappa shape index (κ2) is 6.89. The molecule has 0 aliphatic heterocycles. The minimum absolute atomic E-state index is 0.739. The van der Waals surface area contributed by atoms with Crippen LogP contribution in [-0.2, 0) is 0 Å². The summed E-state index contributed by atoms with van der Waals surface area (Å²) in [6.07, 6.45) is 0.935. The second-order valence-corrected chi connectivity index (χ2v) is 6.42. The van der Waals surface area contributed by atoms with Gasteiger partial charge < -0.3 is 9.47 Å². The molecule has 2 aromatic carbocycles. The molecule has 1 heterocycles. The molecule has 0 aliphatic carbocycles. The fraction of sp³-hybridized carbons (Fsp3) is 0.150. The molecule has 0 amide bonds. The van der Waals surface area contributed by atoms with E-state index in [0.717, 1.165) is 49.8 Å². The van der Waals surface area contributed by atoms with Gasteiger partial charge >= 0.3 is 0 Å². The van der Waals surface area contributed by atoms with Crippen LogP contribution in [0.3, 0.4) is 0 Å². The molecule has 0 radical (unpaired) electrons. The molecule has 0 N–H and O–H groups in total.